The molecule has 0 radical (unpaired) electrons. The van der Waals surface area contributed by atoms with Gasteiger partial charge < -0.3 is 40.2 Å². The first-order valence-corrected chi connectivity index (χ1v) is 15.2. The molecular weight excluding hydrogens is 524 g/mol. The van der Waals surface area contributed by atoms with E-state index in [-0.39, 0.29) is 34.8 Å². The summed E-state index contributed by atoms with van der Waals surface area (Å²) in [6.07, 6.45) is 3.66. The van der Waals surface area contributed by atoms with Gasteiger partial charge in [0.2, 0.25) is 11.8 Å². The number of ether oxygens (including phenoxy) is 4. The minimum Gasteiger partial charge on any atom is -0.379 e. The van der Waals surface area contributed by atoms with Crippen molar-refractivity contribution in [1.29, 1.82) is 0 Å². The lowest BCUT2D eigenvalue weighted by Gasteiger charge is -2.23. The molecule has 226 valence electrons. The molecule has 2 fully saturated rings. The first kappa shape index (κ1) is 33.6. The summed E-state index contributed by atoms with van der Waals surface area (Å²) in [6.45, 7) is 13.1. The van der Waals surface area contributed by atoms with E-state index in [1.54, 1.807) is 0 Å². The first-order chi connectivity index (χ1) is 18.6. The smallest absolute Gasteiger partial charge is 0.315 e. The van der Waals surface area contributed by atoms with Crippen LogP contribution in [0.3, 0.4) is 0 Å². The van der Waals surface area contributed by atoms with E-state index < -0.39 is 0 Å². The molecule has 4 N–H and O–H groups in total. The summed E-state index contributed by atoms with van der Waals surface area (Å²) in [4.78, 5) is 35.3. The fourth-order valence-electron chi connectivity index (χ4n) is 4.29. The summed E-state index contributed by atoms with van der Waals surface area (Å²) >= 11 is 1.90. The van der Waals surface area contributed by atoms with Crippen LogP contribution >= 0.6 is 11.8 Å². The molecule has 3 atom stereocenters. The topological polar surface area (TPSA) is 136 Å². The Labute approximate surface area is 237 Å². The van der Waals surface area contributed by atoms with Crippen LogP contribution in [0.25, 0.3) is 0 Å². The number of carbonyl (C=O) groups is 3. The summed E-state index contributed by atoms with van der Waals surface area (Å²) in [5.74, 6) is 0.971. The van der Waals surface area contributed by atoms with Gasteiger partial charge in [0.15, 0.2) is 0 Å². The van der Waals surface area contributed by atoms with Gasteiger partial charge in [0.05, 0.1) is 64.4 Å². The zero-order valence-electron chi connectivity index (χ0n) is 24.2. The highest BCUT2D eigenvalue weighted by Gasteiger charge is 2.51. The summed E-state index contributed by atoms with van der Waals surface area (Å²) in [6, 6.07) is 0.103. The molecule has 12 heteroatoms. The number of urea groups is 1. The maximum atomic E-state index is 12.0. The highest BCUT2D eigenvalue weighted by Crippen LogP contribution is 2.39. The second kappa shape index (κ2) is 18.0. The van der Waals surface area contributed by atoms with Crippen LogP contribution in [0, 0.1) is 5.41 Å². The van der Waals surface area contributed by atoms with Crippen LogP contribution in [-0.2, 0) is 28.5 Å². The summed E-state index contributed by atoms with van der Waals surface area (Å²) < 4.78 is 21.8. The Morgan fingerprint density at radius 1 is 0.897 bits per heavy atom. The van der Waals surface area contributed by atoms with Crippen molar-refractivity contribution in [2.75, 3.05) is 71.7 Å². The zero-order valence-corrected chi connectivity index (χ0v) is 25.1. The van der Waals surface area contributed by atoms with Gasteiger partial charge in [-0.1, -0.05) is 27.2 Å². The molecule has 2 aliphatic heterocycles. The van der Waals surface area contributed by atoms with Gasteiger partial charge in [-0.3, -0.25) is 9.59 Å². The highest BCUT2D eigenvalue weighted by atomic mass is 32.2. The van der Waals surface area contributed by atoms with Crippen molar-refractivity contribution in [3.05, 3.63) is 0 Å². The van der Waals surface area contributed by atoms with Crippen LogP contribution in [0.5, 0.6) is 0 Å². The summed E-state index contributed by atoms with van der Waals surface area (Å²) in [5, 5.41) is 12.2. The van der Waals surface area contributed by atoms with Crippen molar-refractivity contribution in [2.24, 2.45) is 5.41 Å². The number of fused-ring (bicyclic) bond motifs is 1. The van der Waals surface area contributed by atoms with Crippen molar-refractivity contribution in [2.45, 2.75) is 76.6 Å². The molecule has 0 saturated carbocycles. The average Bonchev–Trinajstić information content (AvgIpc) is 3.33. The van der Waals surface area contributed by atoms with Gasteiger partial charge in [0.1, 0.15) is 0 Å². The third-order valence-corrected chi connectivity index (χ3v) is 8.16. The Bertz CT molecular complexity index is 752. The Kier molecular flexibility index (Phi) is 15.5. The normalized spacial score (nSPS) is 22.3. The fraction of sp³-hybridized carbons (Fsp3) is 0.889. The van der Waals surface area contributed by atoms with Crippen LogP contribution in [0.4, 0.5) is 4.79 Å². The third-order valence-electron chi connectivity index (χ3n) is 6.46. The maximum absolute atomic E-state index is 12.0. The number of nitrogens with one attached hydrogen (secondary N) is 4. The van der Waals surface area contributed by atoms with Crippen molar-refractivity contribution < 1.29 is 33.3 Å². The second-order valence-electron chi connectivity index (χ2n) is 11.5. The molecule has 0 unspecified atom stereocenters. The predicted octanol–water partition coefficient (Wildman–Crippen LogP) is 1.84. The van der Waals surface area contributed by atoms with E-state index in [0.717, 1.165) is 25.0 Å². The lowest BCUT2D eigenvalue weighted by Crippen LogP contribution is -2.47. The largest absolute Gasteiger partial charge is 0.379 e. The van der Waals surface area contributed by atoms with Crippen molar-refractivity contribution >= 4 is 29.6 Å². The molecule has 0 aromatic heterocycles. The standard InChI is InChI=1S/C27H50N4O7S/c1-26(2,3)19-29-23(33)9-11-35-13-15-37-17-18-38-16-14-36-12-10-28-22(32)8-6-5-7-21-24-27(4,20-39-21)31-25(34)30-24/h21,24H,5-20H2,1-4H3,(H,28,32)(H,29,33)(H2,30,31,34)/t21-,24+,27-/m0/s1. The molecule has 0 bridgehead atoms. The molecule has 11 nitrogen and oxygen atoms in total. The molecule has 0 aromatic rings. The molecule has 2 aliphatic rings. The number of rotatable bonds is 21. The molecule has 4 amide bonds. The second-order valence-corrected chi connectivity index (χ2v) is 12.7. The predicted molar refractivity (Wildman–Crippen MR) is 152 cm³/mol. The van der Waals surface area contributed by atoms with E-state index in [4.69, 9.17) is 18.9 Å². The number of thioether (sulfide) groups is 1. The van der Waals surface area contributed by atoms with Gasteiger partial charge in [0, 0.05) is 36.9 Å². The van der Waals surface area contributed by atoms with Gasteiger partial charge in [-0.15, -0.1) is 0 Å². The molecule has 2 saturated heterocycles. The quantitative estimate of drug-likeness (QED) is 0.120. The Morgan fingerprint density at radius 2 is 1.49 bits per heavy atom. The number of hydrogen-bond acceptors (Lipinski definition) is 8. The van der Waals surface area contributed by atoms with E-state index in [1.165, 1.54) is 0 Å². The Hall–Kier alpha value is -1.60. The minimum atomic E-state index is -0.147. The van der Waals surface area contributed by atoms with Crippen LogP contribution in [0.2, 0.25) is 0 Å². The minimum absolute atomic E-state index is 0.00152. The van der Waals surface area contributed by atoms with E-state index in [1.807, 2.05) is 11.8 Å². The maximum Gasteiger partial charge on any atom is 0.315 e. The number of hydrogen-bond donors (Lipinski definition) is 4. The van der Waals surface area contributed by atoms with E-state index in [2.05, 4.69) is 49.0 Å². The van der Waals surface area contributed by atoms with E-state index in [0.29, 0.717) is 84.0 Å². The summed E-state index contributed by atoms with van der Waals surface area (Å²) in [5.41, 5.74) is -0.0717. The zero-order chi connectivity index (χ0) is 28.6. The molecule has 2 rings (SSSR count). The van der Waals surface area contributed by atoms with Gasteiger partial charge in [-0.05, 0) is 25.2 Å². The van der Waals surface area contributed by atoms with Crippen molar-refractivity contribution in [3.8, 4) is 0 Å². The molecule has 39 heavy (non-hydrogen) atoms. The monoisotopic (exact) mass is 574 g/mol. The number of amides is 4. The van der Waals surface area contributed by atoms with Crippen LogP contribution < -0.4 is 21.3 Å². The van der Waals surface area contributed by atoms with E-state index in [9.17, 15) is 14.4 Å². The fourth-order valence-corrected chi connectivity index (χ4v) is 6.00. The molecule has 2 heterocycles. The molecule has 0 aliphatic carbocycles. The molecular formula is C27H50N4O7S. The number of carbonyl (C=O) groups excluding carboxylic acids is 3. The first-order valence-electron chi connectivity index (χ1n) is 14.1. The van der Waals surface area contributed by atoms with E-state index >= 15 is 0 Å². The van der Waals surface area contributed by atoms with Crippen LogP contribution in [0.15, 0.2) is 0 Å². The van der Waals surface area contributed by atoms with Gasteiger partial charge in [-0.25, -0.2) is 4.79 Å². The van der Waals surface area contributed by atoms with Gasteiger partial charge in [0.25, 0.3) is 0 Å². The summed E-state index contributed by atoms with van der Waals surface area (Å²) in [7, 11) is 0. The van der Waals surface area contributed by atoms with Crippen LogP contribution in [-0.4, -0.2) is 106 Å². The molecule has 0 aromatic carbocycles. The number of unbranched alkanes of at least 4 members (excludes halogenated alkanes) is 1. The lowest BCUT2D eigenvalue weighted by atomic mass is 9.92. The molecule has 0 spiro atoms. The SMILES string of the molecule is CC(C)(C)CNC(=O)CCOCCOCCOCCOCCNC(=O)CCCC[C@@H]1SC[C@]2(C)NC(=O)N[C@H]12. The van der Waals surface area contributed by atoms with Gasteiger partial charge >= 0.3 is 6.03 Å². The van der Waals surface area contributed by atoms with Crippen molar-refractivity contribution in [1.82, 2.24) is 21.3 Å². The lowest BCUT2D eigenvalue weighted by molar-refractivity contribution is -0.123. The average molecular weight is 575 g/mol. The highest BCUT2D eigenvalue weighted by molar-refractivity contribution is 8.00. The van der Waals surface area contributed by atoms with Crippen molar-refractivity contribution in [3.63, 3.8) is 0 Å². The third kappa shape index (κ3) is 14.6. The Morgan fingerprint density at radius 3 is 2.13 bits per heavy atom. The van der Waals surface area contributed by atoms with Crippen LogP contribution in [0.1, 0.15) is 59.8 Å². The van der Waals surface area contributed by atoms with Gasteiger partial charge in [-0.2, -0.15) is 11.8 Å². The Balaban J connectivity index is 1.28.